The number of hydrogen-bond acceptors (Lipinski definition) is 3. The lowest BCUT2D eigenvalue weighted by Crippen LogP contribution is -2.44. The smallest absolute Gasteiger partial charge is 0.317 e. The summed E-state index contributed by atoms with van der Waals surface area (Å²) in [5.41, 5.74) is 0.945. The minimum atomic E-state index is -0.930. The first-order valence-electron chi connectivity index (χ1n) is 6.89. The molecule has 0 aromatic heterocycles. The Hall–Kier alpha value is -1.59. The highest BCUT2D eigenvalue weighted by Gasteiger charge is 2.18. The van der Waals surface area contributed by atoms with Crippen LogP contribution in [0.2, 0.25) is 5.02 Å². The van der Waals surface area contributed by atoms with Crippen LogP contribution in [0.4, 0.5) is 0 Å². The predicted octanol–water partition coefficient (Wildman–Crippen LogP) is 2.14. The topological polar surface area (TPSA) is 69.6 Å². The number of carboxylic acids is 1. The molecule has 1 rings (SSSR count). The van der Waals surface area contributed by atoms with Gasteiger partial charge >= 0.3 is 5.97 Å². The van der Waals surface area contributed by atoms with Gasteiger partial charge in [0.05, 0.1) is 13.1 Å². The number of aliphatic carboxylic acids is 1. The van der Waals surface area contributed by atoms with Crippen LogP contribution < -0.4 is 5.32 Å². The molecule has 0 saturated heterocycles. The molecule has 6 heteroatoms. The molecule has 5 nitrogen and oxygen atoms in total. The molecule has 1 amide bonds. The van der Waals surface area contributed by atoms with Gasteiger partial charge in [0.15, 0.2) is 0 Å². The molecule has 1 atom stereocenters. The quantitative estimate of drug-likeness (QED) is 0.771. The van der Waals surface area contributed by atoms with E-state index in [1.807, 2.05) is 26.0 Å². The fourth-order valence-electron chi connectivity index (χ4n) is 1.84. The van der Waals surface area contributed by atoms with Crippen molar-refractivity contribution in [1.29, 1.82) is 0 Å². The summed E-state index contributed by atoms with van der Waals surface area (Å²) < 4.78 is 0. The number of carbonyl (C=O) groups excluding carboxylic acids is 1. The van der Waals surface area contributed by atoms with Crippen LogP contribution in [0.5, 0.6) is 0 Å². The standard InChI is InChI=1S/C15H21ClN2O3/c1-3-11(2)18(10-15(20)21)9-14(19)17-8-12-4-6-13(16)7-5-12/h4-7,11H,3,8-10H2,1-2H3,(H,17,19)(H,20,21). The first-order valence-corrected chi connectivity index (χ1v) is 7.27. The monoisotopic (exact) mass is 312 g/mol. The van der Waals surface area contributed by atoms with Crippen LogP contribution >= 0.6 is 11.6 Å². The van der Waals surface area contributed by atoms with Crippen LogP contribution in [-0.2, 0) is 16.1 Å². The number of carboxylic acid groups (broad SMARTS) is 1. The second kappa shape index (κ2) is 8.64. The molecule has 0 fully saturated rings. The first kappa shape index (κ1) is 17.5. The molecule has 0 aliphatic rings. The lowest BCUT2D eigenvalue weighted by atomic mass is 10.2. The van der Waals surface area contributed by atoms with E-state index in [2.05, 4.69) is 5.32 Å². The Morgan fingerprint density at radius 2 is 1.90 bits per heavy atom. The summed E-state index contributed by atoms with van der Waals surface area (Å²) in [6, 6.07) is 7.25. The average molecular weight is 313 g/mol. The van der Waals surface area contributed by atoms with E-state index in [0.29, 0.717) is 11.6 Å². The number of carbonyl (C=O) groups is 2. The molecule has 21 heavy (non-hydrogen) atoms. The van der Waals surface area contributed by atoms with Crippen LogP contribution in [0.3, 0.4) is 0 Å². The van der Waals surface area contributed by atoms with E-state index < -0.39 is 5.97 Å². The third-order valence-electron chi connectivity index (χ3n) is 3.30. The Kier molecular flexibility index (Phi) is 7.19. The highest BCUT2D eigenvalue weighted by Crippen LogP contribution is 2.09. The van der Waals surface area contributed by atoms with Gasteiger partial charge in [-0.05, 0) is 31.0 Å². The maximum absolute atomic E-state index is 11.9. The Morgan fingerprint density at radius 3 is 2.43 bits per heavy atom. The second-order valence-corrected chi connectivity index (χ2v) is 5.40. The van der Waals surface area contributed by atoms with Gasteiger partial charge in [0, 0.05) is 17.6 Å². The van der Waals surface area contributed by atoms with Gasteiger partial charge < -0.3 is 10.4 Å². The van der Waals surface area contributed by atoms with E-state index in [1.165, 1.54) is 0 Å². The maximum Gasteiger partial charge on any atom is 0.317 e. The van der Waals surface area contributed by atoms with Crippen molar-refractivity contribution in [3.63, 3.8) is 0 Å². The molecule has 2 N–H and O–H groups in total. The SMILES string of the molecule is CCC(C)N(CC(=O)O)CC(=O)NCc1ccc(Cl)cc1. The fourth-order valence-corrected chi connectivity index (χ4v) is 1.97. The summed E-state index contributed by atoms with van der Waals surface area (Å²) in [7, 11) is 0. The Bertz CT molecular complexity index is 476. The normalized spacial score (nSPS) is 12.2. The van der Waals surface area contributed by atoms with Crippen LogP contribution in [0.25, 0.3) is 0 Å². The number of hydrogen-bond donors (Lipinski definition) is 2. The van der Waals surface area contributed by atoms with Crippen molar-refractivity contribution < 1.29 is 14.7 Å². The Morgan fingerprint density at radius 1 is 1.29 bits per heavy atom. The minimum Gasteiger partial charge on any atom is -0.480 e. The fraction of sp³-hybridized carbons (Fsp3) is 0.467. The minimum absolute atomic E-state index is 0.0439. The number of benzene rings is 1. The molecular weight excluding hydrogens is 292 g/mol. The molecular formula is C15H21ClN2O3. The van der Waals surface area contributed by atoms with Crippen molar-refractivity contribution >= 4 is 23.5 Å². The van der Waals surface area contributed by atoms with Gasteiger partial charge in [-0.3, -0.25) is 14.5 Å². The van der Waals surface area contributed by atoms with E-state index in [-0.39, 0.29) is 25.0 Å². The summed E-state index contributed by atoms with van der Waals surface area (Å²) in [5, 5.41) is 12.3. The summed E-state index contributed by atoms with van der Waals surface area (Å²) in [6.45, 7) is 4.22. The predicted molar refractivity (Wildman–Crippen MR) is 82.3 cm³/mol. The summed E-state index contributed by atoms with van der Waals surface area (Å²) in [6.07, 6.45) is 0.789. The molecule has 116 valence electrons. The van der Waals surface area contributed by atoms with Gasteiger partial charge in [-0.2, -0.15) is 0 Å². The summed E-state index contributed by atoms with van der Waals surface area (Å²) in [5.74, 6) is -1.12. The molecule has 1 unspecified atom stereocenters. The third-order valence-corrected chi connectivity index (χ3v) is 3.55. The van der Waals surface area contributed by atoms with Crippen molar-refractivity contribution in [2.45, 2.75) is 32.9 Å². The first-order chi connectivity index (χ1) is 9.92. The van der Waals surface area contributed by atoms with E-state index in [9.17, 15) is 9.59 Å². The second-order valence-electron chi connectivity index (χ2n) is 4.96. The highest BCUT2D eigenvalue weighted by molar-refractivity contribution is 6.30. The number of halogens is 1. The number of rotatable bonds is 8. The maximum atomic E-state index is 11.9. The van der Waals surface area contributed by atoms with Gasteiger partial charge in [-0.15, -0.1) is 0 Å². The lowest BCUT2D eigenvalue weighted by molar-refractivity contribution is -0.139. The third kappa shape index (κ3) is 6.60. The van der Waals surface area contributed by atoms with Gasteiger partial charge in [-0.25, -0.2) is 0 Å². The van der Waals surface area contributed by atoms with Gasteiger partial charge in [0.2, 0.25) is 5.91 Å². The van der Waals surface area contributed by atoms with Crippen LogP contribution in [0.15, 0.2) is 24.3 Å². The van der Waals surface area contributed by atoms with Gasteiger partial charge in [0.25, 0.3) is 0 Å². The van der Waals surface area contributed by atoms with Crippen molar-refractivity contribution in [1.82, 2.24) is 10.2 Å². The van der Waals surface area contributed by atoms with Crippen LogP contribution in [-0.4, -0.2) is 41.0 Å². The Labute approximate surface area is 129 Å². The molecule has 0 heterocycles. The average Bonchev–Trinajstić information content (AvgIpc) is 2.44. The van der Waals surface area contributed by atoms with E-state index in [0.717, 1.165) is 12.0 Å². The van der Waals surface area contributed by atoms with E-state index >= 15 is 0 Å². The molecule has 0 saturated carbocycles. The van der Waals surface area contributed by atoms with Gasteiger partial charge in [0.1, 0.15) is 0 Å². The summed E-state index contributed by atoms with van der Waals surface area (Å²) in [4.78, 5) is 24.4. The molecule has 0 aliphatic carbocycles. The zero-order chi connectivity index (χ0) is 15.8. The zero-order valence-corrected chi connectivity index (χ0v) is 13.1. The van der Waals surface area contributed by atoms with Crippen molar-refractivity contribution in [2.75, 3.05) is 13.1 Å². The molecule has 0 radical (unpaired) electrons. The van der Waals surface area contributed by atoms with Crippen LogP contribution in [0.1, 0.15) is 25.8 Å². The molecule has 0 aliphatic heterocycles. The van der Waals surface area contributed by atoms with Crippen molar-refractivity contribution in [3.8, 4) is 0 Å². The molecule has 0 bridgehead atoms. The number of nitrogens with zero attached hydrogens (tertiary/aromatic N) is 1. The highest BCUT2D eigenvalue weighted by atomic mass is 35.5. The largest absolute Gasteiger partial charge is 0.480 e. The van der Waals surface area contributed by atoms with Crippen molar-refractivity contribution in [2.24, 2.45) is 0 Å². The van der Waals surface area contributed by atoms with Crippen LogP contribution in [0, 0.1) is 0 Å². The molecule has 1 aromatic rings. The lowest BCUT2D eigenvalue weighted by Gasteiger charge is -2.25. The van der Waals surface area contributed by atoms with E-state index in [4.69, 9.17) is 16.7 Å². The number of amides is 1. The molecule has 0 spiro atoms. The molecule has 1 aromatic carbocycles. The van der Waals surface area contributed by atoms with Crippen molar-refractivity contribution in [3.05, 3.63) is 34.9 Å². The van der Waals surface area contributed by atoms with E-state index in [1.54, 1.807) is 17.0 Å². The zero-order valence-electron chi connectivity index (χ0n) is 12.3. The van der Waals surface area contributed by atoms with Gasteiger partial charge in [-0.1, -0.05) is 30.7 Å². The number of nitrogens with one attached hydrogen (secondary N) is 1. The Balaban J connectivity index is 2.49. The summed E-state index contributed by atoms with van der Waals surface area (Å²) >= 11 is 5.79.